The van der Waals surface area contributed by atoms with Crippen LogP contribution in [0.2, 0.25) is 0 Å². The fourth-order valence-electron chi connectivity index (χ4n) is 1.50. The van der Waals surface area contributed by atoms with Gasteiger partial charge in [-0.1, -0.05) is 26.0 Å². The Kier molecular flexibility index (Phi) is 4.63. The van der Waals surface area contributed by atoms with Crippen LogP contribution in [0, 0.1) is 5.92 Å². The number of hydrogen-bond donors (Lipinski definition) is 1. The summed E-state index contributed by atoms with van der Waals surface area (Å²) in [6, 6.07) is 8.45. The maximum Gasteiger partial charge on any atom is 0.0366 e. The summed E-state index contributed by atoms with van der Waals surface area (Å²) < 4.78 is 0. The molecular weight excluding hydrogens is 184 g/mol. The highest BCUT2D eigenvalue weighted by molar-refractivity contribution is 5.47. The van der Waals surface area contributed by atoms with Crippen molar-refractivity contribution in [3.05, 3.63) is 29.8 Å². The molecule has 2 N–H and O–H groups in total. The van der Waals surface area contributed by atoms with Gasteiger partial charge in [0.25, 0.3) is 0 Å². The Morgan fingerprint density at radius 2 is 2.07 bits per heavy atom. The summed E-state index contributed by atoms with van der Waals surface area (Å²) in [7, 11) is 2.14. The third-order valence-corrected chi connectivity index (χ3v) is 2.63. The molecule has 0 atom stereocenters. The molecule has 84 valence electrons. The first kappa shape index (κ1) is 12.1. The summed E-state index contributed by atoms with van der Waals surface area (Å²) in [5.41, 5.74) is 8.08. The molecule has 2 heteroatoms. The summed E-state index contributed by atoms with van der Waals surface area (Å²) in [6.45, 7) is 6.23. The van der Waals surface area contributed by atoms with E-state index < -0.39 is 0 Å². The lowest BCUT2D eigenvalue weighted by Gasteiger charge is -2.20. The van der Waals surface area contributed by atoms with Gasteiger partial charge in [-0.2, -0.15) is 0 Å². The van der Waals surface area contributed by atoms with Crippen LogP contribution in [-0.2, 0) is 6.54 Å². The Bertz CT molecular complexity index is 294. The molecule has 0 radical (unpaired) electrons. The summed E-state index contributed by atoms with van der Waals surface area (Å²) >= 11 is 0. The highest BCUT2D eigenvalue weighted by atomic mass is 15.1. The zero-order valence-electron chi connectivity index (χ0n) is 10.0. The molecule has 0 heterocycles. The van der Waals surface area contributed by atoms with Gasteiger partial charge in [-0.25, -0.2) is 0 Å². The zero-order valence-corrected chi connectivity index (χ0v) is 10.0. The third kappa shape index (κ3) is 3.92. The van der Waals surface area contributed by atoms with E-state index in [1.165, 1.54) is 17.7 Å². The molecule has 1 aromatic carbocycles. The van der Waals surface area contributed by atoms with Gasteiger partial charge in [0.05, 0.1) is 0 Å². The predicted molar refractivity (Wildman–Crippen MR) is 67.1 cm³/mol. The van der Waals surface area contributed by atoms with Gasteiger partial charge >= 0.3 is 0 Å². The molecule has 2 nitrogen and oxygen atoms in total. The highest BCUT2D eigenvalue weighted by Crippen LogP contribution is 2.15. The zero-order chi connectivity index (χ0) is 11.3. The minimum Gasteiger partial charge on any atom is -0.375 e. The van der Waals surface area contributed by atoms with Gasteiger partial charge in [0, 0.05) is 25.8 Å². The topological polar surface area (TPSA) is 29.3 Å². The van der Waals surface area contributed by atoms with Crippen molar-refractivity contribution in [3.63, 3.8) is 0 Å². The third-order valence-electron chi connectivity index (χ3n) is 2.63. The number of anilines is 1. The maximum absolute atomic E-state index is 5.62. The average molecular weight is 206 g/mol. The normalized spacial score (nSPS) is 10.7. The maximum atomic E-state index is 5.62. The average Bonchev–Trinajstić information content (AvgIpc) is 2.26. The standard InChI is InChI=1S/C13H22N2/c1-11(2)7-8-15(3)13-6-4-5-12(9-13)10-14/h4-6,9,11H,7-8,10,14H2,1-3H3. The molecule has 0 aliphatic rings. The first-order valence-corrected chi connectivity index (χ1v) is 5.63. The second kappa shape index (κ2) is 5.76. The fraction of sp³-hybridized carbons (Fsp3) is 0.538. The minimum atomic E-state index is 0.617. The van der Waals surface area contributed by atoms with Gasteiger partial charge in [-0.3, -0.25) is 0 Å². The van der Waals surface area contributed by atoms with E-state index in [1.54, 1.807) is 0 Å². The fourth-order valence-corrected chi connectivity index (χ4v) is 1.50. The van der Waals surface area contributed by atoms with Gasteiger partial charge in [0.1, 0.15) is 0 Å². The van der Waals surface area contributed by atoms with Gasteiger partial charge < -0.3 is 10.6 Å². The SMILES string of the molecule is CC(C)CCN(C)c1cccc(CN)c1. The molecule has 0 aliphatic heterocycles. The molecule has 0 amide bonds. The van der Waals surface area contributed by atoms with Crippen molar-refractivity contribution >= 4 is 5.69 Å². The van der Waals surface area contributed by atoms with Crippen LogP contribution in [0.3, 0.4) is 0 Å². The van der Waals surface area contributed by atoms with Crippen molar-refractivity contribution in [1.82, 2.24) is 0 Å². The molecule has 0 saturated carbocycles. The van der Waals surface area contributed by atoms with Crippen molar-refractivity contribution in [2.24, 2.45) is 11.7 Å². The lowest BCUT2D eigenvalue weighted by atomic mass is 10.1. The molecule has 0 bridgehead atoms. The molecule has 0 saturated heterocycles. The number of rotatable bonds is 5. The highest BCUT2D eigenvalue weighted by Gasteiger charge is 2.02. The van der Waals surface area contributed by atoms with Crippen LogP contribution in [0.25, 0.3) is 0 Å². The molecular formula is C13H22N2. The predicted octanol–water partition coefficient (Wildman–Crippen LogP) is 2.63. The Morgan fingerprint density at radius 1 is 1.33 bits per heavy atom. The first-order valence-electron chi connectivity index (χ1n) is 5.63. The Labute approximate surface area is 93.1 Å². The molecule has 0 unspecified atom stereocenters. The van der Waals surface area contributed by atoms with Crippen molar-refractivity contribution in [3.8, 4) is 0 Å². The molecule has 0 spiro atoms. The van der Waals surface area contributed by atoms with Crippen LogP contribution in [0.15, 0.2) is 24.3 Å². The largest absolute Gasteiger partial charge is 0.375 e. The molecule has 1 rings (SSSR count). The smallest absolute Gasteiger partial charge is 0.0366 e. The van der Waals surface area contributed by atoms with E-state index in [0.29, 0.717) is 6.54 Å². The number of benzene rings is 1. The van der Waals surface area contributed by atoms with Crippen LogP contribution in [0.1, 0.15) is 25.8 Å². The first-order chi connectivity index (χ1) is 7.13. The molecule has 0 aliphatic carbocycles. The number of hydrogen-bond acceptors (Lipinski definition) is 2. The van der Waals surface area contributed by atoms with Crippen molar-refractivity contribution in [2.75, 3.05) is 18.5 Å². The van der Waals surface area contributed by atoms with E-state index in [9.17, 15) is 0 Å². The monoisotopic (exact) mass is 206 g/mol. The summed E-state index contributed by atoms with van der Waals surface area (Å²) in [5, 5.41) is 0. The Balaban J connectivity index is 2.60. The van der Waals surface area contributed by atoms with Crippen molar-refractivity contribution < 1.29 is 0 Å². The molecule has 15 heavy (non-hydrogen) atoms. The summed E-state index contributed by atoms with van der Waals surface area (Å²) in [4.78, 5) is 2.29. The summed E-state index contributed by atoms with van der Waals surface area (Å²) in [6.07, 6.45) is 1.23. The van der Waals surface area contributed by atoms with Gasteiger partial charge in [0.2, 0.25) is 0 Å². The molecule has 1 aromatic rings. The van der Waals surface area contributed by atoms with Crippen LogP contribution in [0.4, 0.5) is 5.69 Å². The number of nitrogens with zero attached hydrogens (tertiary/aromatic N) is 1. The van der Waals surface area contributed by atoms with Gasteiger partial charge in [0.15, 0.2) is 0 Å². The van der Waals surface area contributed by atoms with Crippen LogP contribution in [0.5, 0.6) is 0 Å². The van der Waals surface area contributed by atoms with Crippen LogP contribution in [-0.4, -0.2) is 13.6 Å². The van der Waals surface area contributed by atoms with Crippen LogP contribution >= 0.6 is 0 Å². The van der Waals surface area contributed by atoms with Crippen molar-refractivity contribution in [2.45, 2.75) is 26.8 Å². The Hall–Kier alpha value is -1.02. The Morgan fingerprint density at radius 3 is 2.67 bits per heavy atom. The van der Waals surface area contributed by atoms with Crippen LogP contribution < -0.4 is 10.6 Å². The second-order valence-electron chi connectivity index (χ2n) is 4.48. The second-order valence-corrected chi connectivity index (χ2v) is 4.48. The van der Waals surface area contributed by atoms with Crippen molar-refractivity contribution in [1.29, 1.82) is 0 Å². The number of nitrogens with two attached hydrogens (primary N) is 1. The van der Waals surface area contributed by atoms with E-state index in [4.69, 9.17) is 5.73 Å². The summed E-state index contributed by atoms with van der Waals surface area (Å²) in [5.74, 6) is 0.755. The van der Waals surface area contributed by atoms with Gasteiger partial charge in [-0.15, -0.1) is 0 Å². The molecule has 0 fully saturated rings. The van der Waals surface area contributed by atoms with E-state index in [2.05, 4.69) is 50.1 Å². The lowest BCUT2D eigenvalue weighted by molar-refractivity contribution is 0.585. The van der Waals surface area contributed by atoms with E-state index in [0.717, 1.165) is 12.5 Å². The van der Waals surface area contributed by atoms with E-state index >= 15 is 0 Å². The minimum absolute atomic E-state index is 0.617. The lowest BCUT2D eigenvalue weighted by Crippen LogP contribution is -2.20. The molecule has 0 aromatic heterocycles. The quantitative estimate of drug-likeness (QED) is 0.802. The van der Waals surface area contributed by atoms with E-state index in [-0.39, 0.29) is 0 Å². The van der Waals surface area contributed by atoms with Gasteiger partial charge in [-0.05, 0) is 30.0 Å². The van der Waals surface area contributed by atoms with E-state index in [1.807, 2.05) is 0 Å².